The molecule has 6 aromatic rings. The van der Waals surface area contributed by atoms with Crippen LogP contribution in [0.2, 0.25) is 5.02 Å². The summed E-state index contributed by atoms with van der Waals surface area (Å²) in [5.41, 5.74) is 2.96. The van der Waals surface area contributed by atoms with E-state index in [2.05, 4.69) is 70.5 Å². The molecule has 0 fully saturated rings. The summed E-state index contributed by atoms with van der Waals surface area (Å²) in [5.74, 6) is 0. The van der Waals surface area contributed by atoms with Crippen molar-refractivity contribution in [3.8, 4) is 5.69 Å². The van der Waals surface area contributed by atoms with Crippen molar-refractivity contribution in [2.45, 2.75) is 0 Å². The highest BCUT2D eigenvalue weighted by molar-refractivity contribution is 9.10. The summed E-state index contributed by atoms with van der Waals surface area (Å²) in [6.45, 7) is 0. The van der Waals surface area contributed by atoms with Gasteiger partial charge in [-0.15, -0.1) is 0 Å². The molecule has 0 saturated carbocycles. The van der Waals surface area contributed by atoms with E-state index >= 15 is 0 Å². The smallest absolute Gasteiger partial charge is 0.102 e. The molecule has 4 heteroatoms. The van der Waals surface area contributed by atoms with Crippen molar-refractivity contribution < 1.29 is 0 Å². The molecular formula is C23H12BrClN2. The molecule has 1 heterocycles. The third kappa shape index (κ3) is 1.98. The highest BCUT2D eigenvalue weighted by Crippen LogP contribution is 2.41. The third-order valence-corrected chi connectivity index (χ3v) is 6.61. The first kappa shape index (κ1) is 15.4. The Bertz CT molecular complexity index is 1500. The van der Waals surface area contributed by atoms with Crippen molar-refractivity contribution in [3.63, 3.8) is 0 Å². The molecule has 5 aromatic carbocycles. The predicted octanol–water partition coefficient (Wildman–Crippen LogP) is 7.34. The molecule has 0 saturated heterocycles. The molecule has 1 aromatic heterocycles. The zero-order chi connectivity index (χ0) is 18.1. The lowest BCUT2D eigenvalue weighted by atomic mass is 9.94. The number of hydrogen-bond acceptors (Lipinski definition) is 1. The number of halogens is 2. The number of aromatic nitrogens is 2. The van der Waals surface area contributed by atoms with E-state index in [-0.39, 0.29) is 0 Å². The van der Waals surface area contributed by atoms with Gasteiger partial charge < -0.3 is 0 Å². The molecule has 0 atom stereocenters. The summed E-state index contributed by atoms with van der Waals surface area (Å²) in [4.78, 5) is 0. The Labute approximate surface area is 168 Å². The Morgan fingerprint density at radius 2 is 1.52 bits per heavy atom. The van der Waals surface area contributed by atoms with Crippen LogP contribution in [-0.4, -0.2) is 9.78 Å². The number of rotatable bonds is 1. The highest BCUT2D eigenvalue weighted by atomic mass is 79.9. The van der Waals surface area contributed by atoms with Crippen molar-refractivity contribution in [3.05, 3.63) is 82.3 Å². The van der Waals surface area contributed by atoms with Crippen molar-refractivity contribution in [1.29, 1.82) is 0 Å². The maximum atomic E-state index is 6.60. The second kappa shape index (κ2) is 5.44. The standard InChI is InChI=1S/C23H12BrClN2/c24-17-9-4-10-19(22(17)25)27-18-12-11-13-5-3-8-15-14-6-1-2-7-16(14)23(26-27)21(18)20(13)15/h1-12H. The van der Waals surface area contributed by atoms with Crippen LogP contribution in [0, 0.1) is 0 Å². The monoisotopic (exact) mass is 430 g/mol. The van der Waals surface area contributed by atoms with Gasteiger partial charge in [0.15, 0.2) is 0 Å². The molecule has 0 spiro atoms. The van der Waals surface area contributed by atoms with Crippen LogP contribution in [0.25, 0.3) is 49.0 Å². The van der Waals surface area contributed by atoms with Gasteiger partial charge in [0.2, 0.25) is 0 Å². The number of fused-ring (bicyclic) bond motifs is 3. The average Bonchev–Trinajstić information content (AvgIpc) is 3.10. The van der Waals surface area contributed by atoms with Crippen molar-refractivity contribution in [2.75, 3.05) is 0 Å². The van der Waals surface area contributed by atoms with Crippen LogP contribution in [0.1, 0.15) is 0 Å². The first-order valence-electron chi connectivity index (χ1n) is 8.72. The summed E-state index contributed by atoms with van der Waals surface area (Å²) < 4.78 is 2.83. The lowest BCUT2D eigenvalue weighted by Crippen LogP contribution is -1.97. The van der Waals surface area contributed by atoms with Gasteiger partial charge in [-0.2, -0.15) is 5.10 Å². The Morgan fingerprint density at radius 3 is 2.41 bits per heavy atom. The molecule has 128 valence electrons. The molecular weight excluding hydrogens is 420 g/mol. The van der Waals surface area contributed by atoms with E-state index in [0.29, 0.717) is 5.02 Å². The van der Waals surface area contributed by atoms with Crippen molar-refractivity contribution >= 4 is 70.9 Å². The molecule has 0 N–H and O–H groups in total. The van der Waals surface area contributed by atoms with Gasteiger partial charge in [-0.1, -0.05) is 66.2 Å². The van der Waals surface area contributed by atoms with Gasteiger partial charge in [-0.3, -0.25) is 0 Å². The second-order valence-corrected chi connectivity index (χ2v) is 7.97. The Morgan fingerprint density at radius 1 is 0.741 bits per heavy atom. The SMILES string of the molecule is Clc1c(Br)cccc1-n1nc2c3ccccc3c3cccc4ccc1c2c43. The minimum absolute atomic E-state index is 0.661. The summed E-state index contributed by atoms with van der Waals surface area (Å²) >= 11 is 10.1. The Hall–Kier alpha value is -2.62. The molecule has 0 amide bonds. The quantitative estimate of drug-likeness (QED) is 0.197. The molecule has 0 unspecified atom stereocenters. The molecule has 6 rings (SSSR count). The van der Waals surface area contributed by atoms with E-state index in [4.69, 9.17) is 16.7 Å². The molecule has 0 bridgehead atoms. The van der Waals surface area contributed by atoms with E-state index in [1.54, 1.807) is 0 Å². The lowest BCUT2D eigenvalue weighted by Gasteiger charge is -2.10. The van der Waals surface area contributed by atoms with Gasteiger partial charge in [-0.25, -0.2) is 4.68 Å². The lowest BCUT2D eigenvalue weighted by molar-refractivity contribution is 0.929. The zero-order valence-electron chi connectivity index (χ0n) is 14.1. The first-order valence-corrected chi connectivity index (χ1v) is 9.90. The van der Waals surface area contributed by atoms with E-state index < -0.39 is 0 Å². The second-order valence-electron chi connectivity index (χ2n) is 6.74. The topological polar surface area (TPSA) is 17.8 Å². The minimum atomic E-state index is 0.661. The molecule has 2 nitrogen and oxygen atoms in total. The third-order valence-electron chi connectivity index (χ3n) is 5.32. The Kier molecular flexibility index (Phi) is 3.11. The Balaban J connectivity index is 1.91. The molecule has 0 radical (unpaired) electrons. The van der Waals surface area contributed by atoms with E-state index in [9.17, 15) is 0 Å². The molecule has 0 aliphatic carbocycles. The summed E-state index contributed by atoms with van der Waals surface area (Å²) in [6, 6.07) is 25.2. The van der Waals surface area contributed by atoms with Gasteiger partial charge in [0.1, 0.15) is 5.52 Å². The maximum Gasteiger partial charge on any atom is 0.102 e. The van der Waals surface area contributed by atoms with Crippen molar-refractivity contribution in [2.24, 2.45) is 0 Å². The van der Waals surface area contributed by atoms with Gasteiger partial charge >= 0.3 is 0 Å². The number of nitrogens with zero attached hydrogens (tertiary/aromatic N) is 2. The minimum Gasteiger partial charge on any atom is -0.231 e. The molecule has 0 aliphatic rings. The summed E-state index contributed by atoms with van der Waals surface area (Å²) in [6.07, 6.45) is 0. The fraction of sp³-hybridized carbons (Fsp3) is 0. The van der Waals surface area contributed by atoms with Gasteiger partial charge in [0.25, 0.3) is 0 Å². The largest absolute Gasteiger partial charge is 0.231 e. The first-order chi connectivity index (χ1) is 13.2. The zero-order valence-corrected chi connectivity index (χ0v) is 16.4. The molecule has 27 heavy (non-hydrogen) atoms. The van der Waals surface area contributed by atoms with Crippen molar-refractivity contribution in [1.82, 2.24) is 9.78 Å². The van der Waals surface area contributed by atoms with Gasteiger partial charge in [0.05, 0.1) is 16.2 Å². The number of benzene rings is 5. The maximum absolute atomic E-state index is 6.60. The highest BCUT2D eigenvalue weighted by Gasteiger charge is 2.19. The fourth-order valence-corrected chi connectivity index (χ4v) is 4.73. The van der Waals surface area contributed by atoms with Gasteiger partial charge in [-0.05, 0) is 50.3 Å². The van der Waals surface area contributed by atoms with Crippen LogP contribution in [0.4, 0.5) is 0 Å². The van der Waals surface area contributed by atoms with Crippen LogP contribution in [-0.2, 0) is 0 Å². The van der Waals surface area contributed by atoms with E-state index in [1.165, 1.54) is 32.3 Å². The summed E-state index contributed by atoms with van der Waals surface area (Å²) in [7, 11) is 0. The van der Waals surface area contributed by atoms with E-state index in [0.717, 1.165) is 21.2 Å². The van der Waals surface area contributed by atoms with Crippen LogP contribution in [0.15, 0.2) is 77.3 Å². The van der Waals surface area contributed by atoms with Gasteiger partial charge in [0, 0.05) is 20.6 Å². The van der Waals surface area contributed by atoms with E-state index in [1.807, 2.05) is 22.9 Å². The fourth-order valence-electron chi connectivity index (χ4n) is 4.17. The number of hydrogen-bond donors (Lipinski definition) is 0. The summed E-state index contributed by atoms with van der Waals surface area (Å²) in [5, 5.41) is 13.0. The molecule has 0 aliphatic heterocycles. The van der Waals surface area contributed by atoms with Crippen LogP contribution < -0.4 is 0 Å². The van der Waals surface area contributed by atoms with Crippen LogP contribution in [0.5, 0.6) is 0 Å². The van der Waals surface area contributed by atoms with Crippen LogP contribution >= 0.6 is 27.5 Å². The normalized spacial score (nSPS) is 12.1. The predicted molar refractivity (Wildman–Crippen MR) is 117 cm³/mol. The van der Waals surface area contributed by atoms with Crippen LogP contribution in [0.3, 0.4) is 0 Å². The average molecular weight is 432 g/mol.